The van der Waals surface area contributed by atoms with E-state index in [4.69, 9.17) is 0 Å². The molecule has 0 heterocycles. The van der Waals surface area contributed by atoms with Crippen LogP contribution in [0.1, 0.15) is 78.1 Å². The Hall–Kier alpha value is -0.0800. The molecule has 0 aromatic heterocycles. The smallest absolute Gasteiger partial charge is 0.00933 e. The Morgan fingerprint density at radius 2 is 1.00 bits per heavy atom. The van der Waals surface area contributed by atoms with Crippen LogP contribution in [0.2, 0.25) is 0 Å². The van der Waals surface area contributed by atoms with Gasteiger partial charge in [-0.25, -0.2) is 0 Å². The van der Waals surface area contributed by atoms with Crippen molar-refractivity contribution >= 4 is 0 Å². The van der Waals surface area contributed by atoms with E-state index in [1.54, 1.807) is 0 Å². The SMILES string of the molecule is CCCCCN(C)[C@H]1CC[C@H](N(C)CCCCC)CC1. The monoisotopic (exact) mass is 282 g/mol. The van der Waals surface area contributed by atoms with Crippen LogP contribution < -0.4 is 0 Å². The van der Waals surface area contributed by atoms with Crippen LogP contribution in [-0.2, 0) is 0 Å². The average Bonchev–Trinajstić information content (AvgIpc) is 2.47. The van der Waals surface area contributed by atoms with Crippen LogP contribution in [0.3, 0.4) is 0 Å². The van der Waals surface area contributed by atoms with Crippen LogP contribution in [0.15, 0.2) is 0 Å². The van der Waals surface area contributed by atoms with Gasteiger partial charge in [-0.2, -0.15) is 0 Å². The summed E-state index contributed by atoms with van der Waals surface area (Å²) in [4.78, 5) is 5.26. The Morgan fingerprint density at radius 1 is 0.650 bits per heavy atom. The second-order valence-electron chi connectivity index (χ2n) is 6.84. The summed E-state index contributed by atoms with van der Waals surface area (Å²) in [6.45, 7) is 7.18. The van der Waals surface area contributed by atoms with E-state index in [0.717, 1.165) is 12.1 Å². The highest BCUT2D eigenvalue weighted by Gasteiger charge is 2.25. The summed E-state index contributed by atoms with van der Waals surface area (Å²) in [5.74, 6) is 0. The van der Waals surface area contributed by atoms with Crippen molar-refractivity contribution in [2.45, 2.75) is 90.1 Å². The fourth-order valence-electron chi connectivity index (χ4n) is 3.53. The van der Waals surface area contributed by atoms with Crippen molar-refractivity contribution in [1.29, 1.82) is 0 Å². The summed E-state index contributed by atoms with van der Waals surface area (Å²) in [6.07, 6.45) is 13.8. The van der Waals surface area contributed by atoms with Gasteiger partial charge in [-0.05, 0) is 65.7 Å². The number of hydrogen-bond donors (Lipinski definition) is 0. The molecule has 0 atom stereocenters. The van der Waals surface area contributed by atoms with Crippen LogP contribution in [0.5, 0.6) is 0 Å². The van der Waals surface area contributed by atoms with E-state index < -0.39 is 0 Å². The van der Waals surface area contributed by atoms with Gasteiger partial charge in [0.1, 0.15) is 0 Å². The second kappa shape index (κ2) is 10.6. The summed E-state index contributed by atoms with van der Waals surface area (Å²) in [7, 11) is 4.68. The molecule has 0 aliphatic heterocycles. The molecular formula is C18H38N2. The highest BCUT2D eigenvalue weighted by atomic mass is 15.2. The Kier molecular flexibility index (Phi) is 9.54. The molecule has 0 unspecified atom stereocenters. The van der Waals surface area contributed by atoms with Gasteiger partial charge < -0.3 is 9.80 Å². The van der Waals surface area contributed by atoms with Gasteiger partial charge in [-0.3, -0.25) is 0 Å². The highest BCUT2D eigenvalue weighted by molar-refractivity contribution is 4.82. The fourth-order valence-corrected chi connectivity index (χ4v) is 3.53. The molecule has 0 N–H and O–H groups in total. The van der Waals surface area contributed by atoms with Crippen LogP contribution in [0.4, 0.5) is 0 Å². The quantitative estimate of drug-likeness (QED) is 0.543. The molecule has 1 rings (SSSR count). The van der Waals surface area contributed by atoms with Crippen molar-refractivity contribution in [3.05, 3.63) is 0 Å². The lowest BCUT2D eigenvalue weighted by atomic mass is 9.89. The first kappa shape index (κ1) is 18.0. The van der Waals surface area contributed by atoms with Crippen molar-refractivity contribution in [3.8, 4) is 0 Å². The van der Waals surface area contributed by atoms with Crippen molar-refractivity contribution in [3.63, 3.8) is 0 Å². The molecule has 2 heteroatoms. The first-order chi connectivity index (χ1) is 9.69. The van der Waals surface area contributed by atoms with E-state index >= 15 is 0 Å². The molecule has 0 aromatic rings. The van der Waals surface area contributed by atoms with Crippen LogP contribution in [-0.4, -0.2) is 49.1 Å². The Labute approximate surface area is 127 Å². The zero-order valence-corrected chi connectivity index (χ0v) is 14.5. The molecule has 0 bridgehead atoms. The first-order valence-corrected chi connectivity index (χ1v) is 9.09. The topological polar surface area (TPSA) is 6.48 Å². The summed E-state index contributed by atoms with van der Waals surface area (Å²) >= 11 is 0. The summed E-state index contributed by atoms with van der Waals surface area (Å²) < 4.78 is 0. The molecule has 1 saturated carbocycles. The normalized spacial score (nSPS) is 23.7. The lowest BCUT2D eigenvalue weighted by molar-refractivity contribution is 0.122. The zero-order valence-electron chi connectivity index (χ0n) is 14.5. The standard InChI is InChI=1S/C18H38N2/c1-5-7-9-15-19(3)17-11-13-18(14-12-17)20(4)16-10-8-6-2/h17-18H,5-16H2,1-4H3/t17-,18-. The van der Waals surface area contributed by atoms with E-state index in [0.29, 0.717) is 0 Å². The van der Waals surface area contributed by atoms with Gasteiger partial charge in [-0.15, -0.1) is 0 Å². The zero-order chi connectivity index (χ0) is 14.8. The van der Waals surface area contributed by atoms with E-state index in [9.17, 15) is 0 Å². The van der Waals surface area contributed by atoms with Gasteiger partial charge in [0.15, 0.2) is 0 Å². The molecule has 1 aliphatic carbocycles. The molecule has 120 valence electrons. The molecular weight excluding hydrogens is 244 g/mol. The van der Waals surface area contributed by atoms with Crippen molar-refractivity contribution < 1.29 is 0 Å². The molecule has 0 saturated heterocycles. The molecule has 0 spiro atoms. The van der Waals surface area contributed by atoms with Crippen LogP contribution in [0, 0.1) is 0 Å². The molecule has 20 heavy (non-hydrogen) atoms. The van der Waals surface area contributed by atoms with E-state index in [-0.39, 0.29) is 0 Å². The minimum atomic E-state index is 0.854. The maximum absolute atomic E-state index is 2.63. The van der Waals surface area contributed by atoms with Crippen molar-refractivity contribution in [2.75, 3.05) is 27.2 Å². The van der Waals surface area contributed by atoms with Crippen LogP contribution >= 0.6 is 0 Å². The summed E-state index contributed by atoms with van der Waals surface area (Å²) in [5.41, 5.74) is 0. The predicted molar refractivity (Wildman–Crippen MR) is 90.4 cm³/mol. The average molecular weight is 283 g/mol. The molecule has 0 radical (unpaired) electrons. The third kappa shape index (κ3) is 6.58. The fraction of sp³-hybridized carbons (Fsp3) is 1.00. The largest absolute Gasteiger partial charge is 0.303 e. The summed E-state index contributed by atoms with van der Waals surface area (Å²) in [5, 5.41) is 0. The van der Waals surface area contributed by atoms with Gasteiger partial charge in [0.2, 0.25) is 0 Å². The molecule has 1 fully saturated rings. The minimum absolute atomic E-state index is 0.854. The minimum Gasteiger partial charge on any atom is -0.303 e. The summed E-state index contributed by atoms with van der Waals surface area (Å²) in [6, 6.07) is 1.71. The Bertz CT molecular complexity index is 197. The number of hydrogen-bond acceptors (Lipinski definition) is 2. The second-order valence-corrected chi connectivity index (χ2v) is 6.84. The lowest BCUT2D eigenvalue weighted by Crippen LogP contribution is -2.42. The first-order valence-electron chi connectivity index (χ1n) is 9.09. The van der Waals surface area contributed by atoms with Gasteiger partial charge in [0.25, 0.3) is 0 Å². The maximum Gasteiger partial charge on any atom is 0.00933 e. The predicted octanol–water partition coefficient (Wildman–Crippen LogP) is 4.54. The van der Waals surface area contributed by atoms with Crippen molar-refractivity contribution in [1.82, 2.24) is 9.80 Å². The van der Waals surface area contributed by atoms with E-state index in [2.05, 4.69) is 37.7 Å². The van der Waals surface area contributed by atoms with E-state index in [1.807, 2.05) is 0 Å². The third-order valence-corrected chi connectivity index (χ3v) is 5.14. The number of unbranched alkanes of at least 4 members (excludes halogenated alkanes) is 4. The van der Waals surface area contributed by atoms with Crippen LogP contribution in [0.25, 0.3) is 0 Å². The number of nitrogens with zero attached hydrogens (tertiary/aromatic N) is 2. The Morgan fingerprint density at radius 3 is 1.30 bits per heavy atom. The van der Waals surface area contributed by atoms with Gasteiger partial charge in [0.05, 0.1) is 0 Å². The maximum atomic E-state index is 2.63. The van der Waals surface area contributed by atoms with Gasteiger partial charge in [-0.1, -0.05) is 39.5 Å². The highest BCUT2D eigenvalue weighted by Crippen LogP contribution is 2.25. The molecule has 2 nitrogen and oxygen atoms in total. The number of rotatable bonds is 10. The molecule has 0 aromatic carbocycles. The Balaban J connectivity index is 2.18. The lowest BCUT2D eigenvalue weighted by Gasteiger charge is -2.38. The molecule has 1 aliphatic rings. The van der Waals surface area contributed by atoms with E-state index in [1.165, 1.54) is 77.3 Å². The van der Waals surface area contributed by atoms with Crippen molar-refractivity contribution in [2.24, 2.45) is 0 Å². The molecule has 0 amide bonds. The third-order valence-electron chi connectivity index (χ3n) is 5.14. The van der Waals surface area contributed by atoms with Gasteiger partial charge >= 0.3 is 0 Å². The van der Waals surface area contributed by atoms with Gasteiger partial charge in [0, 0.05) is 12.1 Å².